The number of nitrogens with one attached hydrogen (secondary N) is 2. The van der Waals surface area contributed by atoms with Gasteiger partial charge in [-0.1, -0.05) is 13.3 Å². The number of nitrogens with zero attached hydrogens (tertiary/aromatic N) is 2. The number of carbonyl (C=O) groups is 1. The third-order valence-electron chi connectivity index (χ3n) is 7.05. The summed E-state index contributed by atoms with van der Waals surface area (Å²) in [6.07, 6.45) is 2.44. The average Bonchev–Trinajstić information content (AvgIpc) is 3.04. The summed E-state index contributed by atoms with van der Waals surface area (Å²) in [4.78, 5) is 12.9. The number of rotatable bonds is 7. The van der Waals surface area contributed by atoms with Gasteiger partial charge in [-0.05, 0) is 56.3 Å². The Morgan fingerprint density at radius 1 is 1.26 bits per heavy atom. The van der Waals surface area contributed by atoms with Crippen LogP contribution in [0.4, 0.5) is 13.2 Å². The quantitative estimate of drug-likeness (QED) is 0.652. The van der Waals surface area contributed by atoms with Crippen molar-refractivity contribution in [3.8, 4) is 0 Å². The van der Waals surface area contributed by atoms with Gasteiger partial charge in [0.15, 0.2) is 5.69 Å². The van der Waals surface area contributed by atoms with E-state index in [0.29, 0.717) is 31.6 Å². The summed E-state index contributed by atoms with van der Waals surface area (Å²) in [5.74, 6) is -0.275. The minimum absolute atomic E-state index is 0.0499. The highest BCUT2D eigenvalue weighted by molar-refractivity contribution is 7.88. The smallest absolute Gasteiger partial charge is 0.349 e. The van der Waals surface area contributed by atoms with Crippen LogP contribution in [0.3, 0.4) is 0 Å². The lowest BCUT2D eigenvalue weighted by atomic mass is 9.51. The molecule has 0 saturated heterocycles. The predicted molar refractivity (Wildman–Crippen MR) is 108 cm³/mol. The molecule has 1 aromatic rings. The zero-order valence-electron chi connectivity index (χ0n) is 17.7. The highest BCUT2D eigenvalue weighted by Gasteiger charge is 2.56. The molecule has 1 aromatic heterocycles. The van der Waals surface area contributed by atoms with Gasteiger partial charge >= 0.3 is 6.18 Å². The van der Waals surface area contributed by atoms with Crippen molar-refractivity contribution in [2.24, 2.45) is 17.8 Å². The average molecular weight is 463 g/mol. The lowest BCUT2D eigenvalue weighted by Crippen LogP contribution is -2.66. The first-order chi connectivity index (χ1) is 14.4. The first kappa shape index (κ1) is 22.6. The Balaban J connectivity index is 1.54. The van der Waals surface area contributed by atoms with Crippen LogP contribution in [0.2, 0.25) is 0 Å². The van der Waals surface area contributed by atoms with Crippen molar-refractivity contribution in [2.75, 3.05) is 6.26 Å². The Morgan fingerprint density at radius 3 is 2.45 bits per heavy atom. The Labute approximate surface area is 180 Å². The number of hydrogen-bond acceptors (Lipinski definition) is 4. The summed E-state index contributed by atoms with van der Waals surface area (Å²) in [7, 11) is -3.37. The zero-order valence-corrected chi connectivity index (χ0v) is 18.5. The molecule has 4 bridgehead atoms. The topological polar surface area (TPSA) is 93.1 Å². The maximum atomic E-state index is 13.7. The SMILES string of the molecule is CCCCn1ncc(C(=O)NC2C3CC4CC2CC(NS(C)(=O)=O)(C4)C3)c1C(F)(F)F. The lowest BCUT2D eigenvalue weighted by molar-refractivity contribution is -0.144. The van der Waals surface area contributed by atoms with Crippen LogP contribution in [0.5, 0.6) is 0 Å². The van der Waals surface area contributed by atoms with Crippen molar-refractivity contribution in [1.82, 2.24) is 19.8 Å². The van der Waals surface area contributed by atoms with E-state index in [1.807, 2.05) is 6.92 Å². The number of unbranched alkanes of at least 4 members (excludes halogenated alkanes) is 1. The number of aromatic nitrogens is 2. The van der Waals surface area contributed by atoms with Crippen molar-refractivity contribution >= 4 is 15.9 Å². The largest absolute Gasteiger partial charge is 0.433 e. The molecule has 2 unspecified atom stereocenters. The van der Waals surface area contributed by atoms with Crippen molar-refractivity contribution in [3.05, 3.63) is 17.5 Å². The van der Waals surface area contributed by atoms with E-state index >= 15 is 0 Å². The molecule has 11 heteroatoms. The second-order valence-electron chi connectivity index (χ2n) is 9.61. The minimum atomic E-state index is -4.68. The molecule has 1 amide bonds. The highest BCUT2D eigenvalue weighted by Crippen LogP contribution is 2.56. The van der Waals surface area contributed by atoms with Crippen molar-refractivity contribution in [3.63, 3.8) is 0 Å². The molecule has 0 radical (unpaired) electrons. The fourth-order valence-corrected chi connectivity index (χ4v) is 7.37. The van der Waals surface area contributed by atoms with Crippen LogP contribution < -0.4 is 10.0 Å². The van der Waals surface area contributed by atoms with E-state index in [1.165, 1.54) is 0 Å². The fourth-order valence-electron chi connectivity index (χ4n) is 6.34. The maximum absolute atomic E-state index is 13.7. The van der Waals surface area contributed by atoms with Crippen molar-refractivity contribution < 1.29 is 26.4 Å². The monoisotopic (exact) mass is 462 g/mol. The van der Waals surface area contributed by atoms with Gasteiger partial charge in [0.05, 0.1) is 18.0 Å². The van der Waals surface area contributed by atoms with Crippen LogP contribution in [0, 0.1) is 17.8 Å². The van der Waals surface area contributed by atoms with E-state index in [0.717, 1.165) is 36.4 Å². The van der Waals surface area contributed by atoms with E-state index in [9.17, 15) is 26.4 Å². The summed E-state index contributed by atoms with van der Waals surface area (Å²) in [6.45, 7) is 1.98. The molecule has 4 saturated carbocycles. The number of halogens is 3. The molecule has 7 nitrogen and oxygen atoms in total. The van der Waals surface area contributed by atoms with E-state index in [4.69, 9.17) is 0 Å². The third-order valence-corrected chi connectivity index (χ3v) is 7.85. The normalized spacial score (nSPS) is 32.4. The third kappa shape index (κ3) is 4.48. The molecule has 0 aliphatic heterocycles. The van der Waals surface area contributed by atoms with Gasteiger partial charge in [0.1, 0.15) is 0 Å². The molecule has 4 aliphatic rings. The van der Waals surface area contributed by atoms with Crippen LogP contribution in [-0.4, -0.2) is 41.9 Å². The van der Waals surface area contributed by atoms with Crippen LogP contribution in [0.15, 0.2) is 6.20 Å². The Hall–Kier alpha value is -1.62. The van der Waals surface area contributed by atoms with Crippen molar-refractivity contribution in [2.45, 2.75) is 76.2 Å². The Bertz CT molecular complexity index is 943. The summed E-state index contributed by atoms with van der Waals surface area (Å²) in [6, 6.07) is -0.251. The van der Waals surface area contributed by atoms with Crippen molar-refractivity contribution in [1.29, 1.82) is 0 Å². The molecule has 0 aromatic carbocycles. The number of alkyl halides is 3. The number of hydrogen-bond donors (Lipinski definition) is 2. The number of aryl methyl sites for hydroxylation is 1. The molecule has 31 heavy (non-hydrogen) atoms. The molecule has 0 spiro atoms. The van der Waals surface area contributed by atoms with Gasteiger partial charge < -0.3 is 5.32 Å². The Morgan fingerprint density at radius 2 is 1.90 bits per heavy atom. The molecule has 4 fully saturated rings. The van der Waals surface area contributed by atoms with E-state index in [1.54, 1.807) is 0 Å². The van der Waals surface area contributed by atoms with Gasteiger partial charge in [-0.2, -0.15) is 18.3 Å². The molecule has 1 heterocycles. The lowest BCUT2D eigenvalue weighted by Gasteiger charge is -2.59. The van der Waals surface area contributed by atoms with Crippen LogP contribution >= 0.6 is 0 Å². The van der Waals surface area contributed by atoms with Gasteiger partial charge in [-0.25, -0.2) is 13.1 Å². The second kappa shape index (κ2) is 7.75. The van der Waals surface area contributed by atoms with Crippen LogP contribution in [-0.2, 0) is 22.7 Å². The zero-order chi connectivity index (χ0) is 22.6. The first-order valence-corrected chi connectivity index (χ1v) is 12.7. The second-order valence-corrected chi connectivity index (χ2v) is 11.4. The van der Waals surface area contributed by atoms with E-state index in [-0.39, 0.29) is 24.4 Å². The summed E-state index contributed by atoms with van der Waals surface area (Å²) in [5, 5.41) is 6.71. The molecule has 5 rings (SSSR count). The molecular weight excluding hydrogens is 433 g/mol. The highest BCUT2D eigenvalue weighted by atomic mass is 32.2. The van der Waals surface area contributed by atoms with Gasteiger partial charge in [0.25, 0.3) is 5.91 Å². The van der Waals surface area contributed by atoms with Crippen LogP contribution in [0.1, 0.15) is 67.9 Å². The summed E-state index contributed by atoms with van der Waals surface area (Å²) < 4.78 is 68.5. The molecule has 2 N–H and O–H groups in total. The first-order valence-electron chi connectivity index (χ1n) is 10.8. The Kier molecular flexibility index (Phi) is 5.65. The molecule has 174 valence electrons. The van der Waals surface area contributed by atoms with Gasteiger partial charge in [0, 0.05) is 18.1 Å². The molecule has 2 atom stereocenters. The molecular formula is C20H29F3N4O3S. The fraction of sp³-hybridized carbons (Fsp3) is 0.800. The number of sulfonamides is 1. The van der Waals surface area contributed by atoms with E-state index < -0.39 is 38.9 Å². The van der Waals surface area contributed by atoms with Gasteiger partial charge in [-0.15, -0.1) is 0 Å². The van der Waals surface area contributed by atoms with Gasteiger partial charge in [0.2, 0.25) is 10.0 Å². The van der Waals surface area contributed by atoms with Crippen LogP contribution in [0.25, 0.3) is 0 Å². The number of amides is 1. The standard InChI is InChI=1S/C20H29F3N4O3S/c1-3-4-5-27-17(20(21,22)23)15(11-24-27)18(28)25-16-13-6-12-7-14(16)10-19(8-12,9-13)26-31(2,29)30/h11-14,16,26H,3-10H2,1-2H3,(H,25,28). The summed E-state index contributed by atoms with van der Waals surface area (Å²) in [5.41, 5.74) is -1.94. The maximum Gasteiger partial charge on any atom is 0.433 e. The predicted octanol–water partition coefficient (Wildman–Crippen LogP) is 2.93. The summed E-state index contributed by atoms with van der Waals surface area (Å²) >= 11 is 0. The van der Waals surface area contributed by atoms with E-state index in [2.05, 4.69) is 15.1 Å². The van der Waals surface area contributed by atoms with Gasteiger partial charge in [-0.3, -0.25) is 9.48 Å². The minimum Gasteiger partial charge on any atom is -0.349 e. The number of carbonyl (C=O) groups excluding carboxylic acids is 1. The molecule has 4 aliphatic carbocycles.